The van der Waals surface area contributed by atoms with Gasteiger partial charge in [-0.25, -0.2) is 0 Å². The van der Waals surface area contributed by atoms with Gasteiger partial charge in [-0.1, -0.05) is 150 Å². The van der Waals surface area contributed by atoms with Gasteiger partial charge >= 0.3 is 29.8 Å². The SMILES string of the molecule is CCCCCCCCCC(CCCCCCCC(=O)OCC(CC)(COC(=O)CCCCCCCC(CCCCCCCCC)OC(C)=O)COC(=O)CC(C)C)OC(C)=O. The number of ether oxygens (including phenoxy) is 5. The van der Waals surface area contributed by atoms with Crippen LogP contribution in [0, 0.1) is 11.3 Å². The van der Waals surface area contributed by atoms with E-state index in [1.54, 1.807) is 0 Å². The molecule has 0 N–H and O–H groups in total. The van der Waals surface area contributed by atoms with Gasteiger partial charge in [0.15, 0.2) is 0 Å². The van der Waals surface area contributed by atoms with Crippen molar-refractivity contribution in [3.05, 3.63) is 0 Å². The predicted molar refractivity (Wildman–Crippen MR) is 246 cm³/mol. The highest BCUT2D eigenvalue weighted by Gasteiger charge is 2.34. The molecule has 0 aromatic carbocycles. The molecule has 10 heteroatoms. The molecule has 0 fully saturated rings. The maximum atomic E-state index is 12.8. The van der Waals surface area contributed by atoms with Crippen LogP contribution in [0.3, 0.4) is 0 Å². The first-order valence-electron chi connectivity index (χ1n) is 25.2. The number of carbonyl (C=O) groups is 5. The third-order valence-electron chi connectivity index (χ3n) is 11.7. The van der Waals surface area contributed by atoms with Crippen LogP contribution in [0.1, 0.15) is 254 Å². The van der Waals surface area contributed by atoms with Crippen LogP contribution < -0.4 is 0 Å². The molecule has 0 heterocycles. The molecule has 0 aromatic rings. The average molecular weight is 867 g/mol. The molecule has 0 aromatic heterocycles. The molecule has 0 radical (unpaired) electrons. The van der Waals surface area contributed by atoms with Gasteiger partial charge in [-0.05, 0) is 76.5 Å². The van der Waals surface area contributed by atoms with Gasteiger partial charge in [-0.2, -0.15) is 0 Å². The fourth-order valence-corrected chi connectivity index (χ4v) is 7.66. The zero-order valence-corrected chi connectivity index (χ0v) is 40.6. The lowest BCUT2D eigenvalue weighted by atomic mass is 9.88. The Morgan fingerprint density at radius 2 is 0.705 bits per heavy atom. The molecule has 61 heavy (non-hydrogen) atoms. The van der Waals surface area contributed by atoms with Crippen molar-refractivity contribution in [1.82, 2.24) is 0 Å². The summed E-state index contributed by atoms with van der Waals surface area (Å²) in [5, 5.41) is 0. The molecule has 0 saturated heterocycles. The zero-order valence-electron chi connectivity index (χ0n) is 40.6. The molecular weight excluding hydrogens is 773 g/mol. The second-order valence-corrected chi connectivity index (χ2v) is 18.3. The van der Waals surface area contributed by atoms with Gasteiger partial charge in [0.05, 0.1) is 5.41 Å². The lowest BCUT2D eigenvalue weighted by Gasteiger charge is -2.31. The maximum Gasteiger partial charge on any atom is 0.306 e. The number of carbonyl (C=O) groups excluding carboxylic acids is 5. The monoisotopic (exact) mass is 867 g/mol. The van der Waals surface area contributed by atoms with E-state index in [1.165, 1.54) is 90.9 Å². The Kier molecular flexibility index (Phi) is 38.4. The highest BCUT2D eigenvalue weighted by Crippen LogP contribution is 2.26. The summed E-state index contributed by atoms with van der Waals surface area (Å²) in [7, 11) is 0. The summed E-state index contributed by atoms with van der Waals surface area (Å²) in [6, 6.07) is 0. The normalized spacial score (nSPS) is 13.3. The van der Waals surface area contributed by atoms with Gasteiger partial charge in [0.2, 0.25) is 0 Å². The molecule has 358 valence electrons. The minimum absolute atomic E-state index is 0.00808. The molecule has 0 bridgehead atoms. The second kappa shape index (κ2) is 40.1. The van der Waals surface area contributed by atoms with Gasteiger partial charge < -0.3 is 23.7 Å². The van der Waals surface area contributed by atoms with Crippen molar-refractivity contribution >= 4 is 29.8 Å². The van der Waals surface area contributed by atoms with E-state index in [1.807, 2.05) is 20.8 Å². The van der Waals surface area contributed by atoms with Crippen LogP contribution in [0.15, 0.2) is 0 Å². The van der Waals surface area contributed by atoms with Crippen LogP contribution >= 0.6 is 0 Å². The Balaban J connectivity index is 4.66. The molecule has 0 spiro atoms. The summed E-state index contributed by atoms with van der Waals surface area (Å²) < 4.78 is 28.3. The fraction of sp³-hybridized carbons (Fsp3) is 0.902. The Bertz CT molecular complexity index is 1040. The highest BCUT2D eigenvalue weighted by atomic mass is 16.6. The van der Waals surface area contributed by atoms with Gasteiger partial charge in [-0.3, -0.25) is 24.0 Å². The molecule has 0 amide bonds. The van der Waals surface area contributed by atoms with Crippen molar-refractivity contribution in [2.75, 3.05) is 19.8 Å². The standard InChI is InChI=1S/C51H94O10/c1-8-11-13-15-17-21-27-33-46(60-44(6)52)35-29-23-19-25-31-37-48(54)57-40-51(10-3,42-59-50(56)39-43(4)5)41-58-49(55)38-32-26-20-24-30-36-47(61-45(7)53)34-28-22-18-16-14-12-9-2/h43,46-47H,8-42H2,1-7H3. The smallest absolute Gasteiger partial charge is 0.306 e. The van der Waals surface area contributed by atoms with E-state index in [0.29, 0.717) is 32.1 Å². The van der Waals surface area contributed by atoms with E-state index in [9.17, 15) is 24.0 Å². The van der Waals surface area contributed by atoms with Crippen LogP contribution in [0.25, 0.3) is 0 Å². The van der Waals surface area contributed by atoms with Crippen molar-refractivity contribution in [2.24, 2.45) is 11.3 Å². The highest BCUT2D eigenvalue weighted by molar-refractivity contribution is 5.70. The third kappa shape index (κ3) is 37.6. The number of hydrogen-bond donors (Lipinski definition) is 0. The Labute approximate surface area is 373 Å². The van der Waals surface area contributed by atoms with E-state index in [2.05, 4.69) is 13.8 Å². The van der Waals surface area contributed by atoms with E-state index in [-0.39, 0.29) is 74.2 Å². The molecule has 0 aliphatic heterocycles. The van der Waals surface area contributed by atoms with Crippen LogP contribution in [-0.4, -0.2) is 61.9 Å². The maximum absolute atomic E-state index is 12.8. The third-order valence-corrected chi connectivity index (χ3v) is 11.7. The first-order valence-corrected chi connectivity index (χ1v) is 25.2. The van der Waals surface area contributed by atoms with Crippen molar-refractivity contribution in [3.63, 3.8) is 0 Å². The van der Waals surface area contributed by atoms with Crippen LogP contribution in [0.4, 0.5) is 0 Å². The number of unbranched alkanes of at least 4 members (excludes halogenated alkanes) is 20. The van der Waals surface area contributed by atoms with E-state index in [4.69, 9.17) is 23.7 Å². The number of rotatable bonds is 43. The number of hydrogen-bond acceptors (Lipinski definition) is 10. The summed E-state index contributed by atoms with van der Waals surface area (Å²) in [5.41, 5.74) is -0.820. The molecule has 10 nitrogen and oxygen atoms in total. The van der Waals surface area contributed by atoms with Gasteiger partial charge in [-0.15, -0.1) is 0 Å². The average Bonchev–Trinajstić information content (AvgIpc) is 3.21. The molecular formula is C51H94O10. The second-order valence-electron chi connectivity index (χ2n) is 18.3. The molecule has 2 atom stereocenters. The molecule has 0 rings (SSSR count). The van der Waals surface area contributed by atoms with Crippen LogP contribution in [0.2, 0.25) is 0 Å². The minimum atomic E-state index is -0.820. The molecule has 0 saturated carbocycles. The van der Waals surface area contributed by atoms with Gasteiger partial charge in [0, 0.05) is 33.1 Å². The zero-order chi connectivity index (χ0) is 45.4. The van der Waals surface area contributed by atoms with E-state index < -0.39 is 5.41 Å². The minimum Gasteiger partial charge on any atom is -0.465 e. The van der Waals surface area contributed by atoms with E-state index in [0.717, 1.165) is 89.9 Å². The van der Waals surface area contributed by atoms with Crippen molar-refractivity contribution in [1.29, 1.82) is 0 Å². The quantitative estimate of drug-likeness (QED) is 0.0331. The summed E-state index contributed by atoms with van der Waals surface area (Å²) in [6.45, 7) is 13.3. The van der Waals surface area contributed by atoms with E-state index >= 15 is 0 Å². The molecule has 0 aliphatic carbocycles. The summed E-state index contributed by atoms with van der Waals surface area (Å²) in [6.07, 6.45) is 31.6. The van der Waals surface area contributed by atoms with Crippen molar-refractivity contribution < 1.29 is 47.7 Å². The summed E-state index contributed by atoms with van der Waals surface area (Å²) in [5.74, 6) is -1.20. The van der Waals surface area contributed by atoms with Crippen molar-refractivity contribution in [2.45, 2.75) is 266 Å². The topological polar surface area (TPSA) is 132 Å². The Morgan fingerprint density at radius 3 is 1.00 bits per heavy atom. The van der Waals surface area contributed by atoms with Crippen molar-refractivity contribution in [3.8, 4) is 0 Å². The first kappa shape index (κ1) is 58.4. The summed E-state index contributed by atoms with van der Waals surface area (Å²) in [4.78, 5) is 61.4. The lowest BCUT2D eigenvalue weighted by Crippen LogP contribution is -2.39. The van der Waals surface area contributed by atoms with Gasteiger partial charge in [0.1, 0.15) is 32.0 Å². The lowest BCUT2D eigenvalue weighted by molar-refractivity contribution is -0.163. The first-order chi connectivity index (χ1) is 29.4. The largest absolute Gasteiger partial charge is 0.465 e. The molecule has 2 unspecified atom stereocenters. The Morgan fingerprint density at radius 1 is 0.410 bits per heavy atom. The predicted octanol–water partition coefficient (Wildman–Crippen LogP) is 13.7. The molecule has 0 aliphatic rings. The Hall–Kier alpha value is -2.65. The summed E-state index contributed by atoms with van der Waals surface area (Å²) >= 11 is 0. The van der Waals surface area contributed by atoms with Crippen LogP contribution in [0.5, 0.6) is 0 Å². The number of esters is 5. The van der Waals surface area contributed by atoms with Gasteiger partial charge in [0.25, 0.3) is 0 Å². The van der Waals surface area contributed by atoms with Crippen LogP contribution in [-0.2, 0) is 47.7 Å². The fourth-order valence-electron chi connectivity index (χ4n) is 7.66.